The Labute approximate surface area is 111 Å². The van der Waals surface area contributed by atoms with Crippen molar-refractivity contribution < 1.29 is 22.1 Å². The third-order valence-corrected chi connectivity index (χ3v) is 5.14. The topological polar surface area (TPSA) is 38.7 Å². The Kier molecular flexibility index (Phi) is 3.59. The molecule has 0 amide bonds. The average Bonchev–Trinajstić information content (AvgIpc) is 2.11. The van der Waals surface area contributed by atoms with Crippen LogP contribution in [0.4, 0.5) is 18.9 Å². The Bertz CT molecular complexity index is 569. The minimum atomic E-state index is -4.75. The van der Waals surface area contributed by atoms with E-state index in [4.69, 9.17) is 0 Å². The van der Waals surface area contributed by atoms with E-state index in [0.717, 1.165) is 12.5 Å². The fourth-order valence-corrected chi connectivity index (χ4v) is 3.38. The molecule has 1 saturated heterocycles. The van der Waals surface area contributed by atoms with E-state index in [-0.39, 0.29) is 11.4 Å². The molecule has 0 aliphatic carbocycles. The van der Waals surface area contributed by atoms with Crippen molar-refractivity contribution in [2.75, 3.05) is 11.5 Å². The summed E-state index contributed by atoms with van der Waals surface area (Å²) < 4.78 is 56.4. The molecular weight excluding hydrogens is 335 g/mol. The molecule has 0 saturated carbocycles. The zero-order valence-corrected chi connectivity index (χ0v) is 11.4. The van der Waals surface area contributed by atoms with Gasteiger partial charge in [0.05, 0.1) is 15.4 Å². The van der Waals surface area contributed by atoms with Crippen molar-refractivity contribution in [3.63, 3.8) is 0 Å². The summed E-state index contributed by atoms with van der Waals surface area (Å²) in [6.07, 6.45) is -3.92. The van der Waals surface area contributed by atoms with Crippen LogP contribution in [-0.4, -0.2) is 22.1 Å². The fraction of sp³-hybridized carbons (Fsp3) is 0.400. The van der Waals surface area contributed by atoms with Crippen LogP contribution in [0.1, 0.15) is 6.42 Å². The molecule has 18 heavy (non-hydrogen) atoms. The number of ether oxygens (including phenoxy) is 1. The summed E-state index contributed by atoms with van der Waals surface area (Å²) in [6.45, 7) is 0. The van der Waals surface area contributed by atoms with Crippen molar-refractivity contribution in [1.29, 1.82) is 0 Å². The van der Waals surface area contributed by atoms with Crippen LogP contribution in [0.2, 0.25) is 0 Å². The quantitative estimate of drug-likeness (QED) is 0.817. The van der Waals surface area contributed by atoms with E-state index in [9.17, 15) is 17.4 Å². The zero-order chi connectivity index (χ0) is 13.4. The second kappa shape index (κ2) is 4.73. The van der Waals surface area contributed by atoms with Crippen LogP contribution >= 0.6 is 15.9 Å². The molecule has 0 spiro atoms. The highest BCUT2D eigenvalue weighted by Gasteiger charge is 2.31. The maximum absolute atomic E-state index is 12.1. The van der Waals surface area contributed by atoms with E-state index in [1.54, 1.807) is 0 Å². The highest BCUT2D eigenvalue weighted by molar-refractivity contribution is 9.10. The highest BCUT2D eigenvalue weighted by atomic mass is 79.9. The number of hydrogen-bond donors (Lipinski definition) is 0. The van der Waals surface area contributed by atoms with Gasteiger partial charge in [0.25, 0.3) is 0 Å². The predicted molar refractivity (Wildman–Crippen MR) is 65.4 cm³/mol. The second-order valence-corrected chi connectivity index (χ2v) is 7.28. The van der Waals surface area contributed by atoms with Crippen LogP contribution in [-0.2, 0) is 9.73 Å². The van der Waals surface area contributed by atoms with Crippen molar-refractivity contribution in [1.82, 2.24) is 0 Å². The smallest absolute Gasteiger partial charge is 0.406 e. The Hall–Kier alpha value is -0.760. The molecule has 1 aliphatic heterocycles. The van der Waals surface area contributed by atoms with Gasteiger partial charge in [-0.15, -0.1) is 13.2 Å². The van der Waals surface area contributed by atoms with Crippen LogP contribution in [0.5, 0.6) is 5.75 Å². The van der Waals surface area contributed by atoms with E-state index in [1.807, 2.05) is 0 Å². The van der Waals surface area contributed by atoms with E-state index >= 15 is 0 Å². The molecule has 2 rings (SSSR count). The van der Waals surface area contributed by atoms with Gasteiger partial charge in [0.15, 0.2) is 0 Å². The van der Waals surface area contributed by atoms with Gasteiger partial charge in [0.2, 0.25) is 0 Å². The van der Waals surface area contributed by atoms with Gasteiger partial charge in [0.1, 0.15) is 5.75 Å². The number of benzene rings is 1. The Morgan fingerprint density at radius 3 is 2.44 bits per heavy atom. The summed E-state index contributed by atoms with van der Waals surface area (Å²) in [6, 6.07) is 3.82. The lowest BCUT2D eigenvalue weighted by Gasteiger charge is -2.18. The number of nitrogens with zero attached hydrogens (tertiary/aromatic N) is 1. The molecule has 0 bridgehead atoms. The first-order valence-corrected chi connectivity index (χ1v) is 7.69. The van der Waals surface area contributed by atoms with Crippen LogP contribution in [0.15, 0.2) is 27.0 Å². The Morgan fingerprint density at radius 1 is 1.28 bits per heavy atom. The van der Waals surface area contributed by atoms with Crippen molar-refractivity contribution in [2.24, 2.45) is 4.36 Å². The first kappa shape index (κ1) is 13.7. The summed E-state index contributed by atoms with van der Waals surface area (Å²) in [4.78, 5) is 0. The molecule has 3 nitrogen and oxygen atoms in total. The van der Waals surface area contributed by atoms with Crippen LogP contribution in [0.25, 0.3) is 0 Å². The normalized spacial score (nSPS) is 18.0. The monoisotopic (exact) mass is 343 g/mol. The van der Waals surface area contributed by atoms with Gasteiger partial charge < -0.3 is 4.74 Å². The first-order valence-electron chi connectivity index (χ1n) is 5.05. The van der Waals surface area contributed by atoms with E-state index in [1.165, 1.54) is 12.1 Å². The minimum Gasteiger partial charge on any atom is -0.406 e. The average molecular weight is 344 g/mol. The molecule has 0 aromatic heterocycles. The third kappa shape index (κ3) is 3.61. The Balaban J connectivity index is 2.33. The van der Waals surface area contributed by atoms with Crippen molar-refractivity contribution in [3.8, 4) is 5.75 Å². The summed E-state index contributed by atoms with van der Waals surface area (Å²) >= 11 is 3.07. The van der Waals surface area contributed by atoms with Gasteiger partial charge in [-0.2, -0.15) is 4.36 Å². The van der Waals surface area contributed by atoms with Crippen molar-refractivity contribution >= 4 is 31.3 Å². The van der Waals surface area contributed by atoms with E-state index in [0.29, 0.717) is 16.0 Å². The molecule has 1 fully saturated rings. The molecule has 1 aromatic carbocycles. The van der Waals surface area contributed by atoms with Gasteiger partial charge in [-0.3, -0.25) is 0 Å². The molecular formula is C10H9BrF3NO2S. The van der Waals surface area contributed by atoms with Crippen molar-refractivity contribution in [3.05, 3.63) is 22.7 Å². The highest BCUT2D eigenvalue weighted by Crippen LogP contribution is 2.32. The summed E-state index contributed by atoms with van der Waals surface area (Å²) in [7, 11) is -2.25. The number of rotatable bonds is 2. The SMILES string of the molecule is O=S1(=Nc2cc(Br)cc(OC(F)(F)F)c2)CCC1. The number of hydrogen-bond acceptors (Lipinski definition) is 3. The molecule has 1 aliphatic rings. The summed E-state index contributed by atoms with van der Waals surface area (Å²) in [5.74, 6) is 0.613. The maximum Gasteiger partial charge on any atom is 0.573 e. The number of halogens is 4. The van der Waals surface area contributed by atoms with Gasteiger partial charge in [-0.25, -0.2) is 4.21 Å². The molecule has 1 heterocycles. The van der Waals surface area contributed by atoms with Crippen LogP contribution < -0.4 is 4.74 Å². The zero-order valence-electron chi connectivity index (χ0n) is 9.04. The predicted octanol–water partition coefficient (Wildman–Crippen LogP) is 3.85. The first-order chi connectivity index (χ1) is 8.26. The molecule has 0 atom stereocenters. The second-order valence-electron chi connectivity index (χ2n) is 3.82. The lowest BCUT2D eigenvalue weighted by molar-refractivity contribution is -0.274. The maximum atomic E-state index is 12.1. The van der Waals surface area contributed by atoms with Crippen LogP contribution in [0, 0.1) is 0 Å². The molecule has 100 valence electrons. The molecule has 0 N–H and O–H groups in total. The van der Waals surface area contributed by atoms with Gasteiger partial charge in [-0.05, 0) is 18.6 Å². The van der Waals surface area contributed by atoms with Gasteiger partial charge in [-0.1, -0.05) is 15.9 Å². The summed E-state index contributed by atoms with van der Waals surface area (Å²) in [5, 5.41) is 0. The lowest BCUT2D eigenvalue weighted by atomic mass is 10.3. The fourth-order valence-electron chi connectivity index (χ4n) is 1.47. The standard InChI is InChI=1S/C10H9BrF3NO2S/c11-7-4-8(15-18(16)2-1-3-18)6-9(5-7)17-10(12,13)14/h4-6H,1-3H2. The molecule has 0 unspecified atom stereocenters. The summed E-state index contributed by atoms with van der Waals surface area (Å²) in [5.41, 5.74) is 0.230. The largest absolute Gasteiger partial charge is 0.573 e. The molecule has 8 heteroatoms. The van der Waals surface area contributed by atoms with Crippen molar-refractivity contribution in [2.45, 2.75) is 12.8 Å². The van der Waals surface area contributed by atoms with Gasteiger partial charge in [0, 0.05) is 22.0 Å². The van der Waals surface area contributed by atoms with E-state index < -0.39 is 16.1 Å². The molecule has 1 aromatic rings. The van der Waals surface area contributed by atoms with Gasteiger partial charge >= 0.3 is 6.36 Å². The minimum absolute atomic E-state index is 0.230. The Morgan fingerprint density at radius 2 is 1.94 bits per heavy atom. The lowest BCUT2D eigenvalue weighted by Crippen LogP contribution is -2.23. The third-order valence-electron chi connectivity index (χ3n) is 2.29. The van der Waals surface area contributed by atoms with Crippen LogP contribution in [0.3, 0.4) is 0 Å². The number of alkyl halides is 3. The molecule has 0 radical (unpaired) electrons. The van der Waals surface area contributed by atoms with E-state index in [2.05, 4.69) is 25.0 Å².